The molecule has 0 aromatic heterocycles. The Morgan fingerprint density at radius 3 is 2.05 bits per heavy atom. The summed E-state index contributed by atoms with van der Waals surface area (Å²) < 4.78 is 22.4. The quantitative estimate of drug-likeness (QED) is 0.850. The molecule has 21 heavy (non-hydrogen) atoms. The number of benzene rings is 1. The van der Waals surface area contributed by atoms with Crippen molar-refractivity contribution in [3.05, 3.63) is 24.3 Å². The van der Waals surface area contributed by atoms with Crippen molar-refractivity contribution in [2.45, 2.75) is 38.0 Å². The van der Waals surface area contributed by atoms with Gasteiger partial charge in [-0.3, -0.25) is 14.5 Å². The third-order valence-corrected chi connectivity index (χ3v) is 5.10. The molecule has 0 aliphatic carbocycles. The SMILES string of the molecule is CCC1(CC)CC(=O)N(c2ccc(S(N)(=O)=O)cc2)C1=O. The van der Waals surface area contributed by atoms with Crippen LogP contribution in [0.25, 0.3) is 0 Å². The number of imide groups is 1. The Morgan fingerprint density at radius 2 is 1.67 bits per heavy atom. The van der Waals surface area contributed by atoms with Crippen LogP contribution < -0.4 is 10.0 Å². The van der Waals surface area contributed by atoms with Crippen LogP contribution in [0.3, 0.4) is 0 Å². The minimum atomic E-state index is -3.79. The Labute approximate surface area is 124 Å². The maximum atomic E-state index is 12.5. The van der Waals surface area contributed by atoms with Gasteiger partial charge in [0, 0.05) is 6.42 Å². The minimum absolute atomic E-state index is 0.0532. The molecule has 114 valence electrons. The van der Waals surface area contributed by atoms with Gasteiger partial charge in [-0.2, -0.15) is 0 Å². The maximum absolute atomic E-state index is 12.5. The van der Waals surface area contributed by atoms with Crippen molar-refractivity contribution in [2.24, 2.45) is 10.6 Å². The molecule has 7 heteroatoms. The molecule has 0 spiro atoms. The number of anilines is 1. The number of amides is 2. The van der Waals surface area contributed by atoms with Crippen molar-refractivity contribution in [3.8, 4) is 0 Å². The molecule has 1 heterocycles. The number of carbonyl (C=O) groups excluding carboxylic acids is 2. The van der Waals surface area contributed by atoms with E-state index in [0.29, 0.717) is 18.5 Å². The van der Waals surface area contributed by atoms with E-state index in [1.807, 2.05) is 13.8 Å². The summed E-state index contributed by atoms with van der Waals surface area (Å²) in [4.78, 5) is 25.8. The normalized spacial score (nSPS) is 18.3. The van der Waals surface area contributed by atoms with E-state index in [4.69, 9.17) is 5.14 Å². The van der Waals surface area contributed by atoms with Crippen molar-refractivity contribution in [1.29, 1.82) is 0 Å². The highest BCUT2D eigenvalue weighted by atomic mass is 32.2. The second kappa shape index (κ2) is 5.23. The van der Waals surface area contributed by atoms with Gasteiger partial charge < -0.3 is 0 Å². The van der Waals surface area contributed by atoms with Gasteiger partial charge in [0.2, 0.25) is 21.8 Å². The van der Waals surface area contributed by atoms with Gasteiger partial charge in [-0.1, -0.05) is 13.8 Å². The molecule has 0 unspecified atom stereocenters. The lowest BCUT2D eigenvalue weighted by Crippen LogP contribution is -2.35. The van der Waals surface area contributed by atoms with Gasteiger partial charge >= 0.3 is 0 Å². The molecule has 6 nitrogen and oxygen atoms in total. The van der Waals surface area contributed by atoms with Gasteiger partial charge in [0.1, 0.15) is 0 Å². The lowest BCUT2D eigenvalue weighted by Gasteiger charge is -2.23. The van der Waals surface area contributed by atoms with Gasteiger partial charge in [-0.05, 0) is 37.1 Å². The van der Waals surface area contributed by atoms with Crippen LogP contribution in [0.2, 0.25) is 0 Å². The zero-order chi connectivity index (χ0) is 15.8. The summed E-state index contributed by atoms with van der Waals surface area (Å²) in [7, 11) is -3.79. The first-order valence-electron chi connectivity index (χ1n) is 6.75. The van der Waals surface area contributed by atoms with E-state index in [1.165, 1.54) is 24.3 Å². The summed E-state index contributed by atoms with van der Waals surface area (Å²) in [6, 6.07) is 5.44. The van der Waals surface area contributed by atoms with Gasteiger partial charge in [-0.25, -0.2) is 13.6 Å². The summed E-state index contributed by atoms with van der Waals surface area (Å²) in [5.74, 6) is -0.479. The standard InChI is InChI=1S/C14H18N2O4S/c1-3-14(4-2)9-12(17)16(13(14)18)10-5-7-11(8-6-10)21(15,19)20/h5-8H,3-4,9H2,1-2H3,(H2,15,19,20). The van der Waals surface area contributed by atoms with Crippen LogP contribution in [0.4, 0.5) is 5.69 Å². The highest BCUT2D eigenvalue weighted by Crippen LogP contribution is 2.41. The van der Waals surface area contributed by atoms with E-state index < -0.39 is 15.4 Å². The molecule has 1 aromatic carbocycles. The molecule has 0 saturated carbocycles. The first kappa shape index (κ1) is 15.7. The third-order valence-electron chi connectivity index (χ3n) is 4.17. The lowest BCUT2D eigenvalue weighted by molar-refractivity contribution is -0.126. The fourth-order valence-electron chi connectivity index (χ4n) is 2.64. The number of primary sulfonamides is 1. The molecule has 1 aliphatic rings. The smallest absolute Gasteiger partial charge is 0.240 e. The summed E-state index contributed by atoms with van der Waals surface area (Å²) >= 11 is 0. The lowest BCUT2D eigenvalue weighted by atomic mass is 9.81. The first-order valence-corrected chi connectivity index (χ1v) is 8.30. The topological polar surface area (TPSA) is 97.5 Å². The number of carbonyl (C=O) groups is 2. The Morgan fingerprint density at radius 1 is 1.14 bits per heavy atom. The monoisotopic (exact) mass is 310 g/mol. The maximum Gasteiger partial charge on any atom is 0.240 e. The molecule has 2 rings (SSSR count). The second-order valence-corrected chi connectivity index (χ2v) is 6.80. The molecule has 0 bridgehead atoms. The molecule has 0 radical (unpaired) electrons. The fraction of sp³-hybridized carbons (Fsp3) is 0.429. The van der Waals surface area contributed by atoms with Crippen LogP contribution in [0, 0.1) is 5.41 Å². The molecule has 2 N–H and O–H groups in total. The summed E-state index contributed by atoms with van der Waals surface area (Å²) in [5.41, 5.74) is -0.267. The van der Waals surface area contributed by atoms with Crippen molar-refractivity contribution in [1.82, 2.24) is 0 Å². The van der Waals surface area contributed by atoms with Crippen LogP contribution in [0.15, 0.2) is 29.2 Å². The number of nitrogens with two attached hydrogens (primary N) is 1. The number of rotatable bonds is 4. The molecule has 0 atom stereocenters. The second-order valence-electron chi connectivity index (χ2n) is 5.24. The van der Waals surface area contributed by atoms with Crippen molar-refractivity contribution < 1.29 is 18.0 Å². The third kappa shape index (κ3) is 2.58. The summed E-state index contributed by atoms with van der Waals surface area (Å²) in [6.45, 7) is 3.78. The fourth-order valence-corrected chi connectivity index (χ4v) is 3.16. The Hall–Kier alpha value is -1.73. The van der Waals surface area contributed by atoms with E-state index in [-0.39, 0.29) is 23.1 Å². The van der Waals surface area contributed by atoms with E-state index in [9.17, 15) is 18.0 Å². The van der Waals surface area contributed by atoms with Crippen LogP contribution in [0.1, 0.15) is 33.1 Å². The van der Waals surface area contributed by atoms with E-state index in [0.717, 1.165) is 4.90 Å². The van der Waals surface area contributed by atoms with Crippen LogP contribution in [-0.4, -0.2) is 20.2 Å². The predicted molar refractivity (Wildman–Crippen MR) is 77.9 cm³/mol. The predicted octanol–water partition coefficient (Wildman–Crippen LogP) is 1.40. The largest absolute Gasteiger partial charge is 0.274 e. The van der Waals surface area contributed by atoms with E-state index >= 15 is 0 Å². The molecular formula is C14H18N2O4S. The highest BCUT2D eigenvalue weighted by molar-refractivity contribution is 7.89. The zero-order valence-corrected chi connectivity index (χ0v) is 12.8. The summed E-state index contributed by atoms with van der Waals surface area (Å²) in [5, 5.41) is 5.03. The molecule has 1 saturated heterocycles. The Kier molecular flexibility index (Phi) is 3.90. The summed E-state index contributed by atoms with van der Waals surface area (Å²) in [6.07, 6.45) is 1.38. The minimum Gasteiger partial charge on any atom is -0.274 e. The molecule has 1 aliphatic heterocycles. The zero-order valence-electron chi connectivity index (χ0n) is 12.0. The van der Waals surface area contributed by atoms with Gasteiger partial charge in [0.25, 0.3) is 0 Å². The van der Waals surface area contributed by atoms with Gasteiger partial charge in [0.15, 0.2) is 0 Å². The molecule has 1 fully saturated rings. The van der Waals surface area contributed by atoms with Crippen LogP contribution in [0.5, 0.6) is 0 Å². The van der Waals surface area contributed by atoms with Crippen LogP contribution >= 0.6 is 0 Å². The number of sulfonamides is 1. The first-order chi connectivity index (χ1) is 9.75. The van der Waals surface area contributed by atoms with Crippen molar-refractivity contribution in [2.75, 3.05) is 4.90 Å². The number of hydrogen-bond donors (Lipinski definition) is 1. The van der Waals surface area contributed by atoms with Gasteiger partial charge in [-0.15, -0.1) is 0 Å². The molecular weight excluding hydrogens is 292 g/mol. The van der Waals surface area contributed by atoms with Crippen molar-refractivity contribution >= 4 is 27.5 Å². The average Bonchev–Trinajstić information content (AvgIpc) is 2.69. The van der Waals surface area contributed by atoms with Crippen molar-refractivity contribution in [3.63, 3.8) is 0 Å². The van der Waals surface area contributed by atoms with E-state index in [2.05, 4.69) is 0 Å². The highest BCUT2D eigenvalue weighted by Gasteiger charge is 2.49. The Balaban J connectivity index is 2.39. The van der Waals surface area contributed by atoms with Crippen LogP contribution in [-0.2, 0) is 19.6 Å². The molecule has 1 aromatic rings. The number of nitrogens with zero attached hydrogens (tertiary/aromatic N) is 1. The molecule has 2 amide bonds. The number of hydrogen-bond acceptors (Lipinski definition) is 4. The van der Waals surface area contributed by atoms with E-state index in [1.54, 1.807) is 0 Å². The Bertz CT molecular complexity index is 675. The van der Waals surface area contributed by atoms with Gasteiger partial charge in [0.05, 0.1) is 16.0 Å². The average molecular weight is 310 g/mol.